The van der Waals surface area contributed by atoms with E-state index in [1.807, 2.05) is 36.3 Å². The lowest BCUT2D eigenvalue weighted by molar-refractivity contribution is -0.137. The number of benzene rings is 2. The van der Waals surface area contributed by atoms with Gasteiger partial charge in [-0.1, -0.05) is 36.3 Å². The molecule has 0 spiro atoms. The second-order valence-electron chi connectivity index (χ2n) is 4.52. The molecule has 0 aliphatic heterocycles. The summed E-state index contributed by atoms with van der Waals surface area (Å²) in [6, 6.07) is 12.9. The van der Waals surface area contributed by atoms with Crippen molar-refractivity contribution in [3.8, 4) is 18.1 Å². The van der Waals surface area contributed by atoms with Crippen LogP contribution in [0, 0.1) is 12.3 Å². The fourth-order valence-corrected chi connectivity index (χ4v) is 1.95. The molecule has 0 aliphatic carbocycles. The number of hydrogen-bond donors (Lipinski definition) is 0. The third-order valence-corrected chi connectivity index (χ3v) is 3.03. The van der Waals surface area contributed by atoms with Gasteiger partial charge in [0.2, 0.25) is 0 Å². The zero-order chi connectivity index (χ0) is 15.5. The van der Waals surface area contributed by atoms with Gasteiger partial charge in [0.1, 0.15) is 11.9 Å². The highest BCUT2D eigenvalue weighted by atomic mass is 19.4. The highest BCUT2D eigenvalue weighted by molar-refractivity contribution is 5.46. The molecule has 0 saturated carbocycles. The predicted octanol–water partition coefficient (Wildman–Crippen LogP) is 4.83. The highest BCUT2D eigenvalue weighted by Gasteiger charge is 2.33. The quantitative estimate of drug-likeness (QED) is 0.736. The van der Waals surface area contributed by atoms with E-state index in [0.29, 0.717) is 0 Å². The molecular formula is C17H13F3O. The Kier molecular flexibility index (Phi) is 4.23. The van der Waals surface area contributed by atoms with Crippen LogP contribution in [0.15, 0.2) is 48.5 Å². The van der Waals surface area contributed by atoms with Gasteiger partial charge in [-0.05, 0) is 30.7 Å². The molecule has 108 valence electrons. The third-order valence-electron chi connectivity index (χ3n) is 3.03. The Hall–Kier alpha value is -2.41. The van der Waals surface area contributed by atoms with Gasteiger partial charge in [-0.15, -0.1) is 6.42 Å². The molecule has 1 atom stereocenters. The number of alkyl halides is 3. The van der Waals surface area contributed by atoms with Gasteiger partial charge in [-0.2, -0.15) is 13.2 Å². The number of rotatable bonds is 3. The van der Waals surface area contributed by atoms with E-state index < -0.39 is 11.7 Å². The molecule has 0 fully saturated rings. The molecule has 21 heavy (non-hydrogen) atoms. The summed E-state index contributed by atoms with van der Waals surface area (Å²) in [5, 5.41) is 0. The van der Waals surface area contributed by atoms with E-state index in [0.717, 1.165) is 11.6 Å². The molecule has 0 heterocycles. The summed E-state index contributed by atoms with van der Waals surface area (Å²) in [6.45, 7) is 1.78. The van der Waals surface area contributed by atoms with Crippen LogP contribution in [-0.4, -0.2) is 0 Å². The molecule has 1 nitrogen and oxygen atoms in total. The van der Waals surface area contributed by atoms with Crippen molar-refractivity contribution < 1.29 is 17.9 Å². The molecule has 2 aromatic rings. The molecular weight excluding hydrogens is 277 g/mol. The van der Waals surface area contributed by atoms with Gasteiger partial charge in [-0.25, -0.2) is 0 Å². The molecule has 0 bridgehead atoms. The van der Waals surface area contributed by atoms with Crippen LogP contribution < -0.4 is 4.74 Å². The van der Waals surface area contributed by atoms with Crippen molar-refractivity contribution in [2.75, 3.05) is 0 Å². The van der Waals surface area contributed by atoms with E-state index in [4.69, 9.17) is 11.2 Å². The number of ether oxygens (including phenoxy) is 1. The lowest BCUT2D eigenvalue weighted by Crippen LogP contribution is -2.09. The fraction of sp³-hybridized carbons (Fsp3) is 0.176. The topological polar surface area (TPSA) is 9.23 Å². The summed E-state index contributed by atoms with van der Waals surface area (Å²) < 4.78 is 44.3. The average Bonchev–Trinajstić information content (AvgIpc) is 2.47. The first kappa shape index (κ1) is 15.0. The molecule has 0 aromatic heterocycles. The molecule has 0 saturated heterocycles. The zero-order valence-electron chi connectivity index (χ0n) is 11.3. The molecule has 0 unspecified atom stereocenters. The fourth-order valence-electron chi connectivity index (χ4n) is 1.95. The first-order valence-electron chi connectivity index (χ1n) is 6.31. The van der Waals surface area contributed by atoms with Crippen molar-refractivity contribution in [1.29, 1.82) is 0 Å². The Morgan fingerprint density at radius 3 is 2.33 bits per heavy atom. The van der Waals surface area contributed by atoms with Gasteiger partial charge in [0.25, 0.3) is 0 Å². The predicted molar refractivity (Wildman–Crippen MR) is 74.9 cm³/mol. The maximum atomic E-state index is 12.9. The molecule has 2 rings (SSSR count). The number of halogens is 3. The molecule has 4 heteroatoms. The normalized spacial score (nSPS) is 12.5. The van der Waals surface area contributed by atoms with Gasteiger partial charge >= 0.3 is 6.18 Å². The Morgan fingerprint density at radius 2 is 1.76 bits per heavy atom. The van der Waals surface area contributed by atoms with E-state index in [9.17, 15) is 13.2 Å². The van der Waals surface area contributed by atoms with Crippen molar-refractivity contribution in [3.63, 3.8) is 0 Å². The Morgan fingerprint density at radius 1 is 1.10 bits per heavy atom. The third kappa shape index (κ3) is 3.57. The SMILES string of the molecule is C#Cc1ccc(O[C@@H](C)c2ccccc2)cc1C(F)(F)F. The monoisotopic (exact) mass is 290 g/mol. The van der Waals surface area contributed by atoms with E-state index in [-0.39, 0.29) is 17.4 Å². The van der Waals surface area contributed by atoms with E-state index in [1.54, 1.807) is 6.92 Å². The summed E-state index contributed by atoms with van der Waals surface area (Å²) in [5.41, 5.74) is -0.169. The summed E-state index contributed by atoms with van der Waals surface area (Å²) in [7, 11) is 0. The second kappa shape index (κ2) is 5.92. The first-order chi connectivity index (χ1) is 9.91. The molecule has 2 aromatic carbocycles. The molecule has 0 radical (unpaired) electrons. The first-order valence-corrected chi connectivity index (χ1v) is 6.31. The van der Waals surface area contributed by atoms with Crippen molar-refractivity contribution >= 4 is 0 Å². The van der Waals surface area contributed by atoms with Gasteiger partial charge in [-0.3, -0.25) is 0 Å². The van der Waals surface area contributed by atoms with Gasteiger partial charge in [0.05, 0.1) is 5.56 Å². The Bertz CT molecular complexity index is 654. The van der Waals surface area contributed by atoms with Crippen molar-refractivity contribution in [2.45, 2.75) is 19.2 Å². The molecule has 0 N–H and O–H groups in total. The van der Waals surface area contributed by atoms with Crippen LogP contribution in [0.25, 0.3) is 0 Å². The number of terminal acetylenes is 1. The van der Waals surface area contributed by atoms with Gasteiger partial charge < -0.3 is 4.74 Å². The Balaban J connectivity index is 2.28. The van der Waals surface area contributed by atoms with Crippen molar-refractivity contribution in [3.05, 3.63) is 65.2 Å². The van der Waals surface area contributed by atoms with E-state index >= 15 is 0 Å². The zero-order valence-corrected chi connectivity index (χ0v) is 11.3. The summed E-state index contributed by atoms with van der Waals surface area (Å²) in [5.74, 6) is 2.18. The van der Waals surface area contributed by atoms with E-state index in [1.165, 1.54) is 12.1 Å². The summed E-state index contributed by atoms with van der Waals surface area (Å²) in [4.78, 5) is 0. The van der Waals surface area contributed by atoms with Crippen LogP contribution in [0.2, 0.25) is 0 Å². The molecule has 0 amide bonds. The molecule has 0 aliphatic rings. The Labute approximate surface area is 121 Å². The smallest absolute Gasteiger partial charge is 0.417 e. The largest absolute Gasteiger partial charge is 0.486 e. The van der Waals surface area contributed by atoms with Crippen molar-refractivity contribution in [1.82, 2.24) is 0 Å². The van der Waals surface area contributed by atoms with Crippen LogP contribution >= 0.6 is 0 Å². The summed E-state index contributed by atoms with van der Waals surface area (Å²) >= 11 is 0. The van der Waals surface area contributed by atoms with Crippen LogP contribution in [0.1, 0.15) is 29.7 Å². The highest BCUT2D eigenvalue weighted by Crippen LogP contribution is 2.35. The minimum atomic E-state index is -4.50. The van der Waals surface area contributed by atoms with Crippen LogP contribution in [0.4, 0.5) is 13.2 Å². The van der Waals surface area contributed by atoms with E-state index in [2.05, 4.69) is 0 Å². The lowest BCUT2D eigenvalue weighted by atomic mass is 10.1. The maximum absolute atomic E-state index is 12.9. The maximum Gasteiger partial charge on any atom is 0.417 e. The standard InChI is InChI=1S/C17H13F3O/c1-3-13-9-10-15(11-16(13)17(18,19)20)21-12(2)14-7-5-4-6-8-14/h1,4-12H,2H3/t12-/m0/s1. The average molecular weight is 290 g/mol. The summed E-state index contributed by atoms with van der Waals surface area (Å²) in [6.07, 6.45) is 0.239. The van der Waals surface area contributed by atoms with Crippen LogP contribution in [-0.2, 0) is 6.18 Å². The van der Waals surface area contributed by atoms with Gasteiger partial charge in [0.15, 0.2) is 0 Å². The minimum Gasteiger partial charge on any atom is -0.486 e. The van der Waals surface area contributed by atoms with Crippen molar-refractivity contribution in [2.24, 2.45) is 0 Å². The van der Waals surface area contributed by atoms with Crippen LogP contribution in [0.5, 0.6) is 5.75 Å². The lowest BCUT2D eigenvalue weighted by Gasteiger charge is -2.17. The van der Waals surface area contributed by atoms with Crippen LogP contribution in [0.3, 0.4) is 0 Å². The van der Waals surface area contributed by atoms with Gasteiger partial charge in [0, 0.05) is 5.56 Å². The second-order valence-corrected chi connectivity index (χ2v) is 4.52. The number of hydrogen-bond acceptors (Lipinski definition) is 1. The minimum absolute atomic E-state index is 0.137.